The van der Waals surface area contributed by atoms with Gasteiger partial charge in [-0.3, -0.25) is 25.1 Å². The monoisotopic (exact) mass is 530 g/mol. The summed E-state index contributed by atoms with van der Waals surface area (Å²) in [4.78, 5) is 13.7. The summed E-state index contributed by atoms with van der Waals surface area (Å²) >= 11 is 0. The Kier molecular flexibility index (Phi) is 5.45. The van der Waals surface area contributed by atoms with Gasteiger partial charge in [-0.25, -0.2) is 0 Å². The minimum absolute atomic E-state index is 0.782. The van der Waals surface area contributed by atoms with E-state index in [0.29, 0.717) is 0 Å². The van der Waals surface area contributed by atoms with Crippen molar-refractivity contribution in [2.45, 2.75) is 0 Å². The Morgan fingerprint density at radius 3 is 1.82 bits per heavy atom. The fraction of sp³-hybridized carbons (Fsp3) is 0.200. The maximum absolute atomic E-state index is 6.65. The van der Waals surface area contributed by atoms with E-state index in [1.54, 1.807) is 12.4 Å². The molecule has 0 atom stereocenters. The van der Waals surface area contributed by atoms with Gasteiger partial charge in [-0.05, 0) is 35.4 Å². The lowest BCUT2D eigenvalue weighted by Gasteiger charge is -2.35. The second-order valence-electron chi connectivity index (χ2n) is 10.1. The van der Waals surface area contributed by atoms with Gasteiger partial charge in [-0.15, -0.1) is 0 Å². The zero-order chi connectivity index (χ0) is 26.5. The lowest BCUT2D eigenvalue weighted by atomic mass is 10.0. The Morgan fingerprint density at radius 2 is 1.25 bits per heavy atom. The highest BCUT2D eigenvalue weighted by atomic mass is 16.5. The zero-order valence-corrected chi connectivity index (χ0v) is 21.7. The number of pyridine rings is 2. The zero-order valence-electron chi connectivity index (χ0n) is 21.7. The molecule has 0 saturated carbocycles. The molecular formula is C30H26N8O2. The highest BCUT2D eigenvalue weighted by molar-refractivity contribution is 5.96. The molecule has 0 radical (unpaired) electrons. The molecule has 0 aliphatic carbocycles. The highest BCUT2D eigenvalue weighted by Gasteiger charge is 2.27. The first-order valence-electron chi connectivity index (χ1n) is 13.4. The van der Waals surface area contributed by atoms with Crippen molar-refractivity contribution in [1.29, 1.82) is 0 Å². The van der Waals surface area contributed by atoms with Crippen molar-refractivity contribution in [3.63, 3.8) is 0 Å². The number of aromatic amines is 2. The van der Waals surface area contributed by atoms with Gasteiger partial charge >= 0.3 is 0 Å². The number of fused-ring (bicyclic) bond motifs is 4. The average molecular weight is 531 g/mol. The Bertz CT molecular complexity index is 1730. The van der Waals surface area contributed by atoms with Crippen LogP contribution in [-0.2, 0) is 4.74 Å². The molecule has 1 saturated heterocycles. The van der Waals surface area contributed by atoms with Crippen LogP contribution in [0.15, 0.2) is 73.6 Å². The summed E-state index contributed by atoms with van der Waals surface area (Å²) < 4.78 is 12.2. The molecule has 1 fully saturated rings. The molecule has 2 N–H and O–H groups in total. The normalized spacial score (nSPS) is 15.2. The topological polar surface area (TPSA) is 108 Å². The van der Waals surface area contributed by atoms with Crippen molar-refractivity contribution in [2.75, 3.05) is 44.3 Å². The van der Waals surface area contributed by atoms with E-state index >= 15 is 0 Å². The predicted octanol–water partition coefficient (Wildman–Crippen LogP) is 5.14. The lowest BCUT2D eigenvalue weighted by Crippen LogP contribution is -2.41. The molecule has 4 aromatic heterocycles. The van der Waals surface area contributed by atoms with Gasteiger partial charge in [0.25, 0.3) is 0 Å². The van der Waals surface area contributed by atoms with E-state index < -0.39 is 0 Å². The average Bonchev–Trinajstić information content (AvgIpc) is 3.69. The smallest absolute Gasteiger partial charge is 0.151 e. The first kappa shape index (κ1) is 23.1. The predicted molar refractivity (Wildman–Crippen MR) is 153 cm³/mol. The molecule has 40 heavy (non-hydrogen) atoms. The van der Waals surface area contributed by atoms with Gasteiger partial charge in [-0.2, -0.15) is 10.2 Å². The van der Waals surface area contributed by atoms with Gasteiger partial charge in [0.05, 0.1) is 60.4 Å². The summed E-state index contributed by atoms with van der Waals surface area (Å²) in [5.41, 5.74) is 7.97. The number of nitrogens with one attached hydrogen (secondary N) is 2. The van der Waals surface area contributed by atoms with Gasteiger partial charge in [-0.1, -0.05) is 12.1 Å². The van der Waals surface area contributed by atoms with Crippen molar-refractivity contribution in [1.82, 2.24) is 35.3 Å². The Balaban J connectivity index is 1.21. The third-order valence-corrected chi connectivity index (χ3v) is 7.82. The van der Waals surface area contributed by atoms with E-state index in [9.17, 15) is 0 Å². The lowest BCUT2D eigenvalue weighted by molar-refractivity contribution is 0.0394. The molecule has 0 bridgehead atoms. The van der Waals surface area contributed by atoms with E-state index in [4.69, 9.17) is 9.47 Å². The highest BCUT2D eigenvalue weighted by Crippen LogP contribution is 2.49. The number of hydrogen-bond donors (Lipinski definition) is 2. The number of aromatic nitrogens is 6. The van der Waals surface area contributed by atoms with Crippen LogP contribution in [0, 0.1) is 0 Å². The van der Waals surface area contributed by atoms with Crippen LogP contribution in [0.1, 0.15) is 0 Å². The van der Waals surface area contributed by atoms with Crippen LogP contribution < -0.4 is 9.64 Å². The van der Waals surface area contributed by atoms with E-state index in [1.165, 1.54) is 0 Å². The summed E-state index contributed by atoms with van der Waals surface area (Å²) in [5, 5.41) is 16.5. The van der Waals surface area contributed by atoms with Crippen LogP contribution in [0.5, 0.6) is 11.5 Å². The number of morpholine rings is 1. The summed E-state index contributed by atoms with van der Waals surface area (Å²) in [6.45, 7) is 5.23. The number of ether oxygens (including phenoxy) is 2. The third kappa shape index (κ3) is 3.88. The molecule has 8 rings (SSSR count). The number of nitrogens with zero attached hydrogens (tertiary/aromatic N) is 6. The fourth-order valence-electron chi connectivity index (χ4n) is 5.72. The van der Waals surface area contributed by atoms with Crippen molar-refractivity contribution >= 4 is 33.2 Å². The molecule has 0 spiro atoms. The maximum Gasteiger partial charge on any atom is 0.151 e. The second-order valence-corrected chi connectivity index (χ2v) is 10.1. The van der Waals surface area contributed by atoms with Crippen LogP contribution in [0.2, 0.25) is 0 Å². The fourth-order valence-corrected chi connectivity index (χ4v) is 5.72. The summed E-state index contributed by atoms with van der Waals surface area (Å²) in [6.07, 6.45) is 11.0. The van der Waals surface area contributed by atoms with Gasteiger partial charge in [0.15, 0.2) is 11.5 Å². The Morgan fingerprint density at radius 1 is 0.675 bits per heavy atom. The third-order valence-electron chi connectivity index (χ3n) is 7.82. The van der Waals surface area contributed by atoms with Crippen LogP contribution >= 0.6 is 0 Å². The quantitative estimate of drug-likeness (QED) is 0.316. The molecular weight excluding hydrogens is 504 g/mol. The first-order chi connectivity index (χ1) is 19.8. The number of benzene rings is 2. The van der Waals surface area contributed by atoms with E-state index in [0.717, 1.165) is 106 Å². The number of anilines is 2. The molecule has 6 heterocycles. The molecule has 10 heteroatoms. The summed E-state index contributed by atoms with van der Waals surface area (Å²) in [7, 11) is 0. The SMILES string of the molecule is c1cc2c(cc1-c1cncc3[nH]ncc13)Oc1cc(-c3cncc4[nH]ncc34)ccc1N2CCN1CCOCC1. The Hall–Kier alpha value is -4.80. The van der Waals surface area contributed by atoms with E-state index in [1.807, 2.05) is 24.8 Å². The molecule has 198 valence electrons. The summed E-state index contributed by atoms with van der Waals surface area (Å²) in [5.74, 6) is 1.62. The van der Waals surface area contributed by atoms with Crippen LogP contribution in [0.4, 0.5) is 11.4 Å². The number of hydrogen-bond acceptors (Lipinski definition) is 8. The van der Waals surface area contributed by atoms with Crippen molar-refractivity contribution in [3.8, 4) is 33.8 Å². The summed E-state index contributed by atoms with van der Waals surface area (Å²) in [6, 6.07) is 12.8. The van der Waals surface area contributed by atoms with E-state index in [-0.39, 0.29) is 0 Å². The largest absolute Gasteiger partial charge is 0.453 e. The van der Waals surface area contributed by atoms with Gasteiger partial charge in [0.1, 0.15) is 0 Å². The molecule has 2 aliphatic heterocycles. The van der Waals surface area contributed by atoms with Crippen LogP contribution in [-0.4, -0.2) is 74.7 Å². The van der Waals surface area contributed by atoms with Gasteiger partial charge < -0.3 is 14.4 Å². The molecule has 2 aliphatic rings. The van der Waals surface area contributed by atoms with Crippen molar-refractivity contribution in [3.05, 3.63) is 73.6 Å². The van der Waals surface area contributed by atoms with Gasteiger partial charge in [0, 0.05) is 60.5 Å². The molecule has 2 aromatic carbocycles. The van der Waals surface area contributed by atoms with Crippen LogP contribution in [0.3, 0.4) is 0 Å². The molecule has 0 unspecified atom stereocenters. The van der Waals surface area contributed by atoms with Crippen molar-refractivity contribution in [2.24, 2.45) is 0 Å². The second kappa shape index (κ2) is 9.44. The number of H-pyrrole nitrogens is 2. The first-order valence-corrected chi connectivity index (χ1v) is 13.4. The maximum atomic E-state index is 6.65. The molecule has 10 nitrogen and oxygen atoms in total. The Labute approximate surface area is 229 Å². The van der Waals surface area contributed by atoms with Gasteiger partial charge in [0.2, 0.25) is 0 Å². The molecule has 6 aromatic rings. The van der Waals surface area contributed by atoms with Crippen molar-refractivity contribution < 1.29 is 9.47 Å². The van der Waals surface area contributed by atoms with Crippen LogP contribution in [0.25, 0.3) is 44.1 Å². The number of rotatable bonds is 5. The standard InChI is InChI=1S/C30H26N8O2/c1-3-27-29(11-19(1)21-13-31-17-25-23(21)15-33-35-25)40-30-12-20(22-14-32-18-26-24(22)16-34-36-26)2-4-28(30)38(27)6-5-37-7-9-39-10-8-37/h1-4,11-18H,5-10H2,(H,33,35)(H,34,36). The van der Waals surface area contributed by atoms with E-state index in [2.05, 4.69) is 76.6 Å². The minimum atomic E-state index is 0.782. The minimum Gasteiger partial charge on any atom is -0.453 e. The molecule has 0 amide bonds.